The lowest BCUT2D eigenvalue weighted by Gasteiger charge is -2.45. The summed E-state index contributed by atoms with van der Waals surface area (Å²) in [6, 6.07) is 9.32. The second-order valence-corrected chi connectivity index (χ2v) is 8.15. The Labute approximate surface area is 171 Å². The zero-order valence-corrected chi connectivity index (χ0v) is 17.4. The topological polar surface area (TPSA) is 71.5 Å². The summed E-state index contributed by atoms with van der Waals surface area (Å²) in [5.74, 6) is -0.183. The van der Waals surface area contributed by atoms with Crippen molar-refractivity contribution < 1.29 is 9.59 Å². The second kappa shape index (κ2) is 7.27. The minimum atomic E-state index is -0.472. The fourth-order valence-electron chi connectivity index (χ4n) is 4.35. The molecule has 4 unspecified atom stereocenters. The van der Waals surface area contributed by atoms with Crippen LogP contribution in [0.5, 0.6) is 0 Å². The van der Waals surface area contributed by atoms with Crippen LogP contribution in [-0.4, -0.2) is 75.5 Å². The maximum atomic E-state index is 13.4. The molecule has 3 amide bonds. The van der Waals surface area contributed by atoms with Gasteiger partial charge in [0.05, 0.1) is 24.8 Å². The van der Waals surface area contributed by atoms with Crippen LogP contribution in [0.2, 0.25) is 0 Å². The smallest absolute Gasteiger partial charge is 0.310 e. The second-order valence-electron chi connectivity index (χ2n) is 8.15. The Morgan fingerprint density at radius 2 is 1.93 bits per heavy atom. The van der Waals surface area contributed by atoms with Crippen molar-refractivity contribution in [2.75, 3.05) is 13.6 Å². The minimum absolute atomic E-state index is 0.0215. The predicted octanol–water partition coefficient (Wildman–Crippen LogP) is 1.62. The number of hydrazone groups is 1. The summed E-state index contributed by atoms with van der Waals surface area (Å²) in [7, 11) is 1.74. The van der Waals surface area contributed by atoms with Gasteiger partial charge in [0.25, 0.3) is 5.91 Å². The van der Waals surface area contributed by atoms with E-state index in [1.165, 1.54) is 4.90 Å². The van der Waals surface area contributed by atoms with E-state index in [4.69, 9.17) is 5.10 Å². The van der Waals surface area contributed by atoms with E-state index in [0.29, 0.717) is 6.54 Å². The molecule has 1 aromatic rings. The number of carbonyl (C=O) groups is 2. The van der Waals surface area contributed by atoms with E-state index in [-0.39, 0.29) is 30.8 Å². The Morgan fingerprint density at radius 3 is 2.59 bits per heavy atom. The number of nitrogens with one attached hydrogen (secondary N) is 1. The van der Waals surface area contributed by atoms with Crippen molar-refractivity contribution in [3.8, 4) is 0 Å². The van der Waals surface area contributed by atoms with Crippen LogP contribution in [0.4, 0.5) is 4.79 Å². The maximum absolute atomic E-state index is 13.4. The lowest BCUT2D eigenvalue weighted by atomic mass is 10.1. The number of likely N-dealkylation sites (N-methyl/N-ethyl adjacent to an activating group) is 1. The first-order valence-corrected chi connectivity index (χ1v) is 9.91. The molecule has 1 aromatic carbocycles. The van der Waals surface area contributed by atoms with Gasteiger partial charge in [0.1, 0.15) is 12.2 Å². The molecular formula is C21H28N6O2. The van der Waals surface area contributed by atoms with Crippen molar-refractivity contribution in [3.05, 3.63) is 48.0 Å². The Bertz CT molecular complexity index is 869. The van der Waals surface area contributed by atoms with Crippen LogP contribution in [-0.2, 0) is 11.3 Å². The van der Waals surface area contributed by atoms with Gasteiger partial charge in [-0.1, -0.05) is 42.5 Å². The monoisotopic (exact) mass is 396 g/mol. The third-order valence-corrected chi connectivity index (χ3v) is 5.93. The minimum Gasteiger partial charge on any atom is -0.310 e. The number of imide groups is 1. The van der Waals surface area contributed by atoms with Crippen molar-refractivity contribution in [3.63, 3.8) is 0 Å². The lowest BCUT2D eigenvalue weighted by molar-refractivity contribution is -0.139. The van der Waals surface area contributed by atoms with Crippen molar-refractivity contribution in [1.82, 2.24) is 25.0 Å². The van der Waals surface area contributed by atoms with Crippen molar-refractivity contribution in [2.45, 2.75) is 51.9 Å². The molecule has 4 rings (SSSR count). The quantitative estimate of drug-likeness (QED) is 0.783. The molecule has 0 radical (unpaired) electrons. The number of amides is 3. The summed E-state index contributed by atoms with van der Waals surface area (Å²) < 4.78 is 0. The highest BCUT2D eigenvalue weighted by molar-refractivity contribution is 6.01. The standard InChI is InChI=1S/C21H28N6O2/c1-13(2)11-25-19(28)17-18(24(5)21(25)29)22-20-26(12-16-9-7-6-8-10-16)23-14(3)15(4)27(17)20/h6-10,15,17-18,20,22H,1,11-12H2,2-5H3. The van der Waals surface area contributed by atoms with Crippen LogP contribution in [0, 0.1) is 0 Å². The predicted molar refractivity (Wildman–Crippen MR) is 111 cm³/mol. The Hall–Kier alpha value is -2.71. The molecule has 0 bridgehead atoms. The lowest BCUT2D eigenvalue weighted by Crippen LogP contribution is -2.67. The number of benzene rings is 1. The SMILES string of the molecule is C=C(C)CN1C(=O)C2C(NC3N(Cc4ccccc4)N=C(C)C(C)N23)N(C)C1=O. The molecule has 8 nitrogen and oxygen atoms in total. The molecule has 0 saturated carbocycles. The Morgan fingerprint density at radius 1 is 1.24 bits per heavy atom. The largest absolute Gasteiger partial charge is 0.328 e. The highest BCUT2D eigenvalue weighted by Gasteiger charge is 2.57. The van der Waals surface area contributed by atoms with E-state index < -0.39 is 12.2 Å². The summed E-state index contributed by atoms with van der Waals surface area (Å²) in [5.41, 5.74) is 2.85. The first-order valence-electron chi connectivity index (χ1n) is 9.91. The summed E-state index contributed by atoms with van der Waals surface area (Å²) in [5, 5.41) is 10.2. The van der Waals surface area contributed by atoms with Gasteiger partial charge in [0.15, 0.2) is 6.29 Å². The number of carbonyl (C=O) groups excluding carboxylic acids is 2. The van der Waals surface area contributed by atoms with E-state index in [0.717, 1.165) is 16.8 Å². The normalized spacial score (nSPS) is 29.7. The average Bonchev–Trinajstić information content (AvgIpc) is 3.09. The van der Waals surface area contributed by atoms with Gasteiger partial charge >= 0.3 is 6.03 Å². The van der Waals surface area contributed by atoms with Gasteiger partial charge in [0, 0.05) is 7.05 Å². The molecule has 8 heteroatoms. The zero-order chi connectivity index (χ0) is 20.9. The number of urea groups is 1. The zero-order valence-electron chi connectivity index (χ0n) is 17.4. The molecule has 0 spiro atoms. The highest BCUT2D eigenvalue weighted by atomic mass is 16.2. The van der Waals surface area contributed by atoms with E-state index in [9.17, 15) is 9.59 Å². The number of hydrogen-bond acceptors (Lipinski definition) is 6. The van der Waals surface area contributed by atoms with Crippen molar-refractivity contribution in [2.24, 2.45) is 5.10 Å². The van der Waals surface area contributed by atoms with Crippen LogP contribution >= 0.6 is 0 Å². The van der Waals surface area contributed by atoms with Gasteiger partial charge in [-0.25, -0.2) is 9.69 Å². The Balaban J connectivity index is 1.68. The molecule has 0 aromatic heterocycles. The molecular weight excluding hydrogens is 368 g/mol. The van der Waals surface area contributed by atoms with Crippen LogP contribution in [0.3, 0.4) is 0 Å². The number of rotatable bonds is 4. The van der Waals surface area contributed by atoms with Crippen molar-refractivity contribution in [1.29, 1.82) is 0 Å². The van der Waals surface area contributed by atoms with Gasteiger partial charge in [-0.15, -0.1) is 0 Å². The van der Waals surface area contributed by atoms with Crippen LogP contribution in [0.15, 0.2) is 47.6 Å². The van der Waals surface area contributed by atoms with Crippen LogP contribution in [0.1, 0.15) is 26.3 Å². The first-order chi connectivity index (χ1) is 13.8. The summed E-state index contributed by atoms with van der Waals surface area (Å²) >= 11 is 0. The molecule has 29 heavy (non-hydrogen) atoms. The van der Waals surface area contributed by atoms with Gasteiger partial charge in [-0.3, -0.25) is 20.0 Å². The molecule has 2 saturated heterocycles. The fourth-order valence-corrected chi connectivity index (χ4v) is 4.35. The van der Waals surface area contributed by atoms with Gasteiger partial charge in [-0.05, 0) is 26.3 Å². The molecule has 4 atom stereocenters. The number of hydrogen-bond donors (Lipinski definition) is 1. The number of fused-ring (bicyclic) bond motifs is 3. The van der Waals surface area contributed by atoms with Crippen LogP contribution < -0.4 is 5.32 Å². The maximum Gasteiger partial charge on any atom is 0.328 e. The van der Waals surface area contributed by atoms with E-state index in [2.05, 4.69) is 35.9 Å². The molecule has 0 aliphatic carbocycles. The first kappa shape index (κ1) is 19.6. The molecule has 3 aliphatic rings. The molecule has 1 N–H and O–H groups in total. The highest BCUT2D eigenvalue weighted by Crippen LogP contribution is 2.33. The average molecular weight is 396 g/mol. The van der Waals surface area contributed by atoms with Gasteiger partial charge in [-0.2, -0.15) is 5.10 Å². The summed E-state index contributed by atoms with van der Waals surface area (Å²) in [4.78, 5) is 31.3. The molecule has 154 valence electrons. The van der Waals surface area contributed by atoms with Gasteiger partial charge < -0.3 is 4.90 Å². The van der Waals surface area contributed by atoms with Crippen LogP contribution in [0.25, 0.3) is 0 Å². The van der Waals surface area contributed by atoms with E-state index in [1.54, 1.807) is 11.9 Å². The van der Waals surface area contributed by atoms with Crippen molar-refractivity contribution >= 4 is 17.6 Å². The van der Waals surface area contributed by atoms with E-state index >= 15 is 0 Å². The van der Waals surface area contributed by atoms with E-state index in [1.807, 2.05) is 37.1 Å². The number of nitrogens with zero attached hydrogens (tertiary/aromatic N) is 5. The third-order valence-electron chi connectivity index (χ3n) is 5.93. The Kier molecular flexibility index (Phi) is 4.92. The third kappa shape index (κ3) is 3.22. The summed E-state index contributed by atoms with van der Waals surface area (Å²) in [6.07, 6.45) is -0.670. The fraction of sp³-hybridized carbons (Fsp3) is 0.476. The molecule has 2 fully saturated rings. The summed E-state index contributed by atoms with van der Waals surface area (Å²) in [6.45, 7) is 10.6. The van der Waals surface area contributed by atoms with Gasteiger partial charge in [0.2, 0.25) is 0 Å². The molecule has 3 heterocycles. The molecule has 3 aliphatic heterocycles.